The molecule has 0 unspecified atom stereocenters. The molecular formula is C31H30ClN5O2. The number of anilines is 1. The molecule has 1 aliphatic rings. The lowest BCUT2D eigenvalue weighted by Gasteiger charge is -2.27. The second-order valence-electron chi connectivity index (χ2n) is 9.97. The molecule has 1 aliphatic heterocycles. The first-order valence-corrected chi connectivity index (χ1v) is 13.5. The summed E-state index contributed by atoms with van der Waals surface area (Å²) in [7, 11) is 0. The van der Waals surface area contributed by atoms with Gasteiger partial charge in [0.1, 0.15) is 11.3 Å². The number of nitrogens with one attached hydrogen (secondary N) is 2. The second-order valence-corrected chi connectivity index (χ2v) is 10.4. The van der Waals surface area contributed by atoms with E-state index in [0.717, 1.165) is 72.0 Å². The molecule has 198 valence electrons. The molecule has 6 rings (SSSR count). The predicted octanol–water partition coefficient (Wildman–Crippen LogP) is 5.96. The van der Waals surface area contributed by atoms with Gasteiger partial charge < -0.3 is 15.1 Å². The second kappa shape index (κ2) is 11.1. The van der Waals surface area contributed by atoms with Crippen LogP contribution in [0, 0.1) is 6.92 Å². The van der Waals surface area contributed by atoms with Crippen LogP contribution in [0.5, 0.6) is 0 Å². The van der Waals surface area contributed by atoms with Crippen LogP contribution in [0.2, 0.25) is 5.02 Å². The molecule has 0 radical (unpaired) electrons. The minimum absolute atomic E-state index is 0.243. The average Bonchev–Trinajstić information content (AvgIpc) is 3.54. The van der Waals surface area contributed by atoms with Gasteiger partial charge >= 0.3 is 0 Å². The van der Waals surface area contributed by atoms with Crippen molar-refractivity contribution in [2.24, 2.45) is 0 Å². The number of hydrogen-bond donors (Lipinski definition) is 2. The summed E-state index contributed by atoms with van der Waals surface area (Å²) >= 11 is 6.46. The molecule has 0 atom stereocenters. The van der Waals surface area contributed by atoms with Gasteiger partial charge in [0.15, 0.2) is 5.69 Å². The molecule has 2 aromatic heterocycles. The fourth-order valence-electron chi connectivity index (χ4n) is 5.01. The number of halogens is 1. The van der Waals surface area contributed by atoms with Gasteiger partial charge in [0.25, 0.3) is 5.91 Å². The monoisotopic (exact) mass is 539 g/mol. The Morgan fingerprint density at radius 3 is 2.54 bits per heavy atom. The molecule has 1 saturated heterocycles. The fourth-order valence-corrected chi connectivity index (χ4v) is 5.26. The number of benzene rings is 3. The number of hydrogen-bond acceptors (Lipinski definition) is 5. The lowest BCUT2D eigenvalue weighted by atomic mass is 10.1. The van der Waals surface area contributed by atoms with Gasteiger partial charge in [-0.25, -0.2) is 0 Å². The van der Waals surface area contributed by atoms with Crippen LogP contribution < -0.4 is 10.6 Å². The number of aromatic nitrogens is 2. The van der Waals surface area contributed by atoms with E-state index in [1.807, 2.05) is 67.6 Å². The Balaban J connectivity index is 1.17. The van der Waals surface area contributed by atoms with Crippen LogP contribution >= 0.6 is 11.6 Å². The maximum absolute atomic E-state index is 13.0. The number of carbonyl (C=O) groups excluding carboxylic acids is 1. The first-order valence-electron chi connectivity index (χ1n) is 13.2. The van der Waals surface area contributed by atoms with Crippen molar-refractivity contribution in [3.05, 3.63) is 106 Å². The molecule has 1 amide bonds. The van der Waals surface area contributed by atoms with E-state index < -0.39 is 0 Å². The van der Waals surface area contributed by atoms with E-state index in [1.165, 1.54) is 5.56 Å². The summed E-state index contributed by atoms with van der Waals surface area (Å²) in [6.07, 6.45) is 0. The van der Waals surface area contributed by atoms with Gasteiger partial charge in [0.05, 0.1) is 6.54 Å². The summed E-state index contributed by atoms with van der Waals surface area (Å²) in [5.74, 6) is 0.539. The van der Waals surface area contributed by atoms with Crippen molar-refractivity contribution < 1.29 is 9.21 Å². The largest absolute Gasteiger partial charge is 0.456 e. The first kappa shape index (κ1) is 25.4. The van der Waals surface area contributed by atoms with Crippen LogP contribution in [0.15, 0.2) is 83.3 Å². The minimum atomic E-state index is -0.243. The zero-order valence-corrected chi connectivity index (χ0v) is 22.5. The van der Waals surface area contributed by atoms with Crippen LogP contribution in [0.1, 0.15) is 27.3 Å². The zero-order chi connectivity index (χ0) is 26.8. The van der Waals surface area contributed by atoms with Crippen molar-refractivity contribution in [2.75, 3.05) is 31.5 Å². The maximum atomic E-state index is 13.0. The molecule has 3 aromatic carbocycles. The number of nitrogens with zero attached hydrogens (tertiary/aromatic N) is 3. The molecule has 7 nitrogen and oxygen atoms in total. The number of carbonyl (C=O) groups is 1. The number of fused-ring (bicyclic) bond motifs is 1. The minimum Gasteiger partial charge on any atom is -0.456 e. The Kier molecular flexibility index (Phi) is 7.20. The topological polar surface area (TPSA) is 75.3 Å². The lowest BCUT2D eigenvalue weighted by Crippen LogP contribution is -2.42. The van der Waals surface area contributed by atoms with Gasteiger partial charge in [-0.2, -0.15) is 5.10 Å². The highest BCUT2D eigenvalue weighted by atomic mass is 35.5. The number of piperazine rings is 1. The van der Waals surface area contributed by atoms with E-state index in [0.29, 0.717) is 17.3 Å². The molecule has 0 saturated carbocycles. The van der Waals surface area contributed by atoms with Gasteiger partial charge in [0, 0.05) is 65.6 Å². The highest BCUT2D eigenvalue weighted by Crippen LogP contribution is 2.32. The van der Waals surface area contributed by atoms with Crippen molar-refractivity contribution >= 4 is 34.2 Å². The Labute approximate surface area is 232 Å². The van der Waals surface area contributed by atoms with E-state index in [2.05, 4.69) is 32.8 Å². The highest BCUT2D eigenvalue weighted by Gasteiger charge is 2.17. The van der Waals surface area contributed by atoms with Crippen molar-refractivity contribution in [3.63, 3.8) is 0 Å². The van der Waals surface area contributed by atoms with Gasteiger partial charge in [-0.15, -0.1) is 0 Å². The average molecular weight is 540 g/mol. The third-order valence-corrected chi connectivity index (χ3v) is 7.30. The standard InChI is InChI=1S/C31H30ClN5O2/c1-21-15-28(31(38)34-27-9-7-22(8-10-27)19-36-13-11-33-12-14-36)35-37(21)20-25-17-26(32)16-24-18-29(39-30(24)25)23-5-3-2-4-6-23/h2-10,15-18,33H,11-14,19-20H2,1H3,(H,34,38). The van der Waals surface area contributed by atoms with E-state index >= 15 is 0 Å². The zero-order valence-electron chi connectivity index (χ0n) is 21.8. The van der Waals surface area contributed by atoms with E-state index in [4.69, 9.17) is 16.0 Å². The molecule has 1 fully saturated rings. The third-order valence-electron chi connectivity index (χ3n) is 7.08. The number of furan rings is 1. The number of rotatable bonds is 7. The molecule has 0 spiro atoms. The fraction of sp³-hybridized carbons (Fsp3) is 0.226. The smallest absolute Gasteiger partial charge is 0.276 e. The summed E-state index contributed by atoms with van der Waals surface area (Å²) in [4.78, 5) is 15.4. The summed E-state index contributed by atoms with van der Waals surface area (Å²) in [5, 5.41) is 12.5. The van der Waals surface area contributed by atoms with Crippen molar-refractivity contribution in [3.8, 4) is 11.3 Å². The van der Waals surface area contributed by atoms with Crippen LogP contribution in [0.3, 0.4) is 0 Å². The summed E-state index contributed by atoms with van der Waals surface area (Å²) < 4.78 is 8.06. The Bertz CT molecular complexity index is 1600. The molecule has 5 aromatic rings. The normalized spacial score (nSPS) is 14.1. The third kappa shape index (κ3) is 5.76. The Hall–Kier alpha value is -3.91. The summed E-state index contributed by atoms with van der Waals surface area (Å²) in [6.45, 7) is 7.44. The van der Waals surface area contributed by atoms with Crippen molar-refractivity contribution in [1.29, 1.82) is 0 Å². The predicted molar refractivity (Wildman–Crippen MR) is 155 cm³/mol. The van der Waals surface area contributed by atoms with Gasteiger partial charge in [-0.05, 0) is 48.9 Å². The summed E-state index contributed by atoms with van der Waals surface area (Å²) in [5.41, 5.74) is 5.88. The van der Waals surface area contributed by atoms with Crippen LogP contribution in [0.25, 0.3) is 22.3 Å². The highest BCUT2D eigenvalue weighted by molar-refractivity contribution is 6.31. The van der Waals surface area contributed by atoms with Crippen molar-refractivity contribution in [1.82, 2.24) is 20.0 Å². The van der Waals surface area contributed by atoms with Gasteiger partial charge in [-0.1, -0.05) is 54.1 Å². The quantitative estimate of drug-likeness (QED) is 0.267. The number of aryl methyl sites for hydroxylation is 1. The molecule has 3 heterocycles. The van der Waals surface area contributed by atoms with Crippen LogP contribution in [-0.4, -0.2) is 46.8 Å². The van der Waals surface area contributed by atoms with Gasteiger partial charge in [-0.3, -0.25) is 14.4 Å². The van der Waals surface area contributed by atoms with Crippen molar-refractivity contribution in [2.45, 2.75) is 20.0 Å². The molecular weight excluding hydrogens is 510 g/mol. The molecule has 2 N–H and O–H groups in total. The summed E-state index contributed by atoms with van der Waals surface area (Å²) in [6, 6.07) is 25.6. The lowest BCUT2D eigenvalue weighted by molar-refractivity contribution is 0.102. The Morgan fingerprint density at radius 1 is 1.00 bits per heavy atom. The van der Waals surface area contributed by atoms with Gasteiger partial charge in [0.2, 0.25) is 0 Å². The SMILES string of the molecule is Cc1cc(C(=O)Nc2ccc(CN3CCNCC3)cc2)nn1Cc1cc(Cl)cc2cc(-c3ccccc3)oc12. The molecule has 39 heavy (non-hydrogen) atoms. The van der Waals surface area contributed by atoms with Crippen LogP contribution in [0.4, 0.5) is 5.69 Å². The number of amides is 1. The maximum Gasteiger partial charge on any atom is 0.276 e. The molecule has 8 heteroatoms. The Morgan fingerprint density at radius 2 is 1.77 bits per heavy atom. The molecule has 0 bridgehead atoms. The molecule has 0 aliphatic carbocycles. The first-order chi connectivity index (χ1) is 19.0. The van der Waals surface area contributed by atoms with Crippen LogP contribution in [-0.2, 0) is 13.1 Å². The van der Waals surface area contributed by atoms with E-state index in [-0.39, 0.29) is 5.91 Å². The van der Waals surface area contributed by atoms with E-state index in [9.17, 15) is 4.79 Å². The van der Waals surface area contributed by atoms with E-state index in [1.54, 1.807) is 10.7 Å².